The molecule has 1 saturated heterocycles. The van der Waals surface area contributed by atoms with Gasteiger partial charge >= 0.3 is 0 Å². The van der Waals surface area contributed by atoms with Gasteiger partial charge in [0.15, 0.2) is 0 Å². The van der Waals surface area contributed by atoms with Gasteiger partial charge < -0.3 is 0 Å². The van der Waals surface area contributed by atoms with Gasteiger partial charge in [-0.1, -0.05) is 61.7 Å². The van der Waals surface area contributed by atoms with E-state index in [1.165, 1.54) is 18.4 Å². The van der Waals surface area contributed by atoms with Crippen LogP contribution in [0.3, 0.4) is 0 Å². The minimum atomic E-state index is -0.815. The van der Waals surface area contributed by atoms with Crippen LogP contribution in [-0.4, -0.2) is 8.07 Å². The molecule has 0 aromatic heterocycles. The molecule has 0 N–H and O–H groups in total. The molecule has 0 saturated carbocycles. The predicted molar refractivity (Wildman–Crippen MR) is 61.7 cm³/mol. The van der Waals surface area contributed by atoms with Crippen molar-refractivity contribution in [3.63, 3.8) is 0 Å². The first-order chi connectivity index (χ1) is 6.27. The van der Waals surface area contributed by atoms with Crippen molar-refractivity contribution >= 4 is 8.07 Å². The van der Waals surface area contributed by atoms with E-state index in [0.29, 0.717) is 0 Å². The highest BCUT2D eigenvalue weighted by atomic mass is 28.3. The number of hydrogen-bond acceptors (Lipinski definition) is 0. The molecular weight excluding hydrogens is 172 g/mol. The van der Waals surface area contributed by atoms with E-state index < -0.39 is 8.07 Å². The van der Waals surface area contributed by atoms with Crippen molar-refractivity contribution in [3.05, 3.63) is 23.8 Å². The predicted octanol–water partition coefficient (Wildman–Crippen LogP) is 4.14. The summed E-state index contributed by atoms with van der Waals surface area (Å²) in [5, 5.41) is 0. The lowest BCUT2D eigenvalue weighted by Gasteiger charge is -2.43. The van der Waals surface area contributed by atoms with E-state index in [0.717, 1.165) is 5.54 Å². The Morgan fingerprint density at radius 2 is 2.23 bits per heavy atom. The van der Waals surface area contributed by atoms with Crippen LogP contribution < -0.4 is 0 Å². The van der Waals surface area contributed by atoms with Crippen molar-refractivity contribution in [3.8, 4) is 0 Å². The minimum absolute atomic E-state index is 0.815. The number of allylic oxidation sites excluding steroid dienone is 4. The monoisotopic (exact) mass is 192 g/mol. The van der Waals surface area contributed by atoms with Crippen LogP contribution in [0.1, 0.15) is 26.7 Å². The van der Waals surface area contributed by atoms with Crippen molar-refractivity contribution < 1.29 is 0 Å². The first-order valence-electron chi connectivity index (χ1n) is 5.63. The molecular formula is C12H20Si. The summed E-state index contributed by atoms with van der Waals surface area (Å²) in [4.78, 5) is 0. The molecule has 0 bridgehead atoms. The standard InChI is InChI=1S/C12H20Si/c1-3-7-13(8-4-9-13)12-6-5-11(2)10-12/h5-6,10,12H,3-4,7-9H2,1-2H3. The van der Waals surface area contributed by atoms with Crippen LogP contribution in [-0.2, 0) is 0 Å². The van der Waals surface area contributed by atoms with E-state index in [1.54, 1.807) is 18.1 Å². The fraction of sp³-hybridized carbons (Fsp3) is 0.667. The smallest absolute Gasteiger partial charge is 0.0649 e. The third kappa shape index (κ3) is 1.54. The zero-order valence-electron chi connectivity index (χ0n) is 8.84. The van der Waals surface area contributed by atoms with Gasteiger partial charge in [-0.25, -0.2) is 0 Å². The van der Waals surface area contributed by atoms with Gasteiger partial charge in [0.2, 0.25) is 0 Å². The quantitative estimate of drug-likeness (QED) is 0.590. The summed E-state index contributed by atoms with van der Waals surface area (Å²) in [5.41, 5.74) is 2.40. The first kappa shape index (κ1) is 9.26. The minimum Gasteiger partial charge on any atom is -0.0801 e. The second-order valence-corrected chi connectivity index (χ2v) is 9.65. The molecule has 0 aromatic rings. The summed E-state index contributed by atoms with van der Waals surface area (Å²) in [5.74, 6) is 0. The van der Waals surface area contributed by atoms with E-state index >= 15 is 0 Å². The van der Waals surface area contributed by atoms with Gasteiger partial charge in [0, 0.05) is 0 Å². The Labute approximate surface area is 82.7 Å². The average molecular weight is 192 g/mol. The molecule has 1 aliphatic carbocycles. The summed E-state index contributed by atoms with van der Waals surface area (Å²) in [6, 6.07) is 4.76. The third-order valence-corrected chi connectivity index (χ3v) is 9.78. The van der Waals surface area contributed by atoms with Crippen LogP contribution in [0.5, 0.6) is 0 Å². The average Bonchev–Trinajstić information content (AvgIpc) is 2.44. The van der Waals surface area contributed by atoms with Crippen molar-refractivity contribution in [2.45, 2.75) is 50.4 Å². The second-order valence-electron chi connectivity index (χ2n) is 4.76. The number of hydrogen-bond donors (Lipinski definition) is 0. The molecule has 0 amide bonds. The maximum absolute atomic E-state index is 2.53. The van der Waals surface area contributed by atoms with Crippen LogP contribution in [0.4, 0.5) is 0 Å². The summed E-state index contributed by atoms with van der Waals surface area (Å²) in [7, 11) is -0.815. The SMILES string of the molecule is CCC[Si]1(C2C=CC(C)=C2)CCC1. The van der Waals surface area contributed by atoms with E-state index in [-0.39, 0.29) is 0 Å². The highest BCUT2D eigenvalue weighted by molar-refractivity contribution is 6.84. The van der Waals surface area contributed by atoms with Crippen molar-refractivity contribution in [2.75, 3.05) is 0 Å². The Bertz CT molecular complexity index is 246. The van der Waals surface area contributed by atoms with Gasteiger partial charge in [0.05, 0.1) is 8.07 Å². The molecule has 2 rings (SSSR count). The molecule has 0 nitrogen and oxygen atoms in total. The van der Waals surface area contributed by atoms with Crippen molar-refractivity contribution in [1.82, 2.24) is 0 Å². The van der Waals surface area contributed by atoms with Crippen molar-refractivity contribution in [1.29, 1.82) is 0 Å². The topological polar surface area (TPSA) is 0 Å². The lowest BCUT2D eigenvalue weighted by molar-refractivity contribution is 0.825. The highest BCUT2D eigenvalue weighted by Gasteiger charge is 2.43. The first-order valence-corrected chi connectivity index (χ1v) is 8.33. The molecule has 1 atom stereocenters. The maximum atomic E-state index is 2.53. The Kier molecular flexibility index (Phi) is 2.46. The molecule has 13 heavy (non-hydrogen) atoms. The maximum Gasteiger partial charge on any atom is 0.0649 e. The van der Waals surface area contributed by atoms with E-state index in [9.17, 15) is 0 Å². The summed E-state index contributed by atoms with van der Waals surface area (Å²) >= 11 is 0. The van der Waals surface area contributed by atoms with Crippen LogP contribution in [0.25, 0.3) is 0 Å². The Morgan fingerprint density at radius 1 is 1.46 bits per heavy atom. The van der Waals surface area contributed by atoms with E-state index in [1.807, 2.05) is 0 Å². The molecule has 1 heterocycles. The Morgan fingerprint density at radius 3 is 2.62 bits per heavy atom. The molecule has 2 aliphatic rings. The fourth-order valence-corrected chi connectivity index (χ4v) is 7.79. The summed E-state index contributed by atoms with van der Waals surface area (Å²) in [6.45, 7) is 4.59. The Hall–Kier alpha value is -0.303. The molecule has 1 fully saturated rings. The fourth-order valence-electron chi connectivity index (χ4n) is 2.91. The van der Waals surface area contributed by atoms with Crippen LogP contribution in [0.2, 0.25) is 23.7 Å². The van der Waals surface area contributed by atoms with Gasteiger partial charge in [-0.15, -0.1) is 0 Å². The lowest BCUT2D eigenvalue weighted by Crippen LogP contribution is -2.44. The largest absolute Gasteiger partial charge is 0.0801 e. The molecule has 1 unspecified atom stereocenters. The van der Waals surface area contributed by atoms with Crippen LogP contribution in [0, 0.1) is 0 Å². The second kappa shape index (κ2) is 3.45. The van der Waals surface area contributed by atoms with Gasteiger partial charge in [-0.3, -0.25) is 0 Å². The van der Waals surface area contributed by atoms with Crippen molar-refractivity contribution in [2.24, 2.45) is 0 Å². The van der Waals surface area contributed by atoms with Gasteiger partial charge in [0.1, 0.15) is 0 Å². The van der Waals surface area contributed by atoms with E-state index in [2.05, 4.69) is 32.1 Å². The summed E-state index contributed by atoms with van der Waals surface area (Å²) in [6.07, 6.45) is 10.3. The Balaban J connectivity index is 2.09. The van der Waals surface area contributed by atoms with Gasteiger partial charge in [0.25, 0.3) is 0 Å². The normalized spacial score (nSPS) is 30.0. The molecule has 0 aromatic carbocycles. The van der Waals surface area contributed by atoms with Gasteiger partial charge in [-0.05, 0) is 12.5 Å². The third-order valence-electron chi connectivity index (χ3n) is 3.81. The summed E-state index contributed by atoms with van der Waals surface area (Å²) < 4.78 is 0. The molecule has 72 valence electrons. The van der Waals surface area contributed by atoms with E-state index in [4.69, 9.17) is 0 Å². The zero-order chi connectivity index (χ0) is 9.31. The molecule has 1 aliphatic heterocycles. The van der Waals surface area contributed by atoms with Gasteiger partial charge in [-0.2, -0.15) is 0 Å². The number of rotatable bonds is 3. The van der Waals surface area contributed by atoms with Crippen LogP contribution in [0.15, 0.2) is 23.8 Å². The lowest BCUT2D eigenvalue weighted by atomic mass is 10.3. The zero-order valence-corrected chi connectivity index (χ0v) is 9.84. The molecule has 1 heteroatoms. The molecule has 0 spiro atoms. The molecule has 0 radical (unpaired) electrons. The van der Waals surface area contributed by atoms with Crippen LogP contribution >= 0.6 is 0 Å². The highest BCUT2D eigenvalue weighted by Crippen LogP contribution is 2.48.